The number of rotatable bonds is 35. The molecule has 4 aromatic carbocycles. The zero-order chi connectivity index (χ0) is 70.2. The number of carbonyl (C=O) groups is 1. The van der Waals surface area contributed by atoms with Gasteiger partial charge in [-0.25, -0.2) is 4.79 Å². The molecule has 0 radical (unpaired) electrons. The Balaban J connectivity index is 1.19. The van der Waals surface area contributed by atoms with Crippen molar-refractivity contribution in [2.24, 2.45) is 0 Å². The zero-order valence-corrected chi connectivity index (χ0v) is 57.7. The Morgan fingerprint density at radius 3 is 1.64 bits per heavy atom. The Bertz CT molecular complexity index is 4510. The van der Waals surface area contributed by atoms with Crippen molar-refractivity contribution in [3.63, 3.8) is 0 Å². The number of fused-ring (bicyclic) bond motifs is 6. The summed E-state index contributed by atoms with van der Waals surface area (Å²) in [5.41, 5.74) is 1.14. The van der Waals surface area contributed by atoms with E-state index in [-0.39, 0.29) is 99.8 Å². The van der Waals surface area contributed by atoms with E-state index in [9.17, 15) is 79.9 Å². The molecule has 2 atom stereocenters. The van der Waals surface area contributed by atoms with E-state index >= 15 is 0 Å². The third kappa shape index (κ3) is 17.8. The molecule has 7 N–H and O–H groups in total. The van der Waals surface area contributed by atoms with Gasteiger partial charge in [0.25, 0.3) is 50.6 Å². The maximum atomic E-state index is 13.3. The van der Waals surface area contributed by atoms with Crippen molar-refractivity contribution in [2.75, 3.05) is 104 Å². The van der Waals surface area contributed by atoms with E-state index in [1.54, 1.807) is 57.4 Å². The average molecular weight is 1460 g/mol. The van der Waals surface area contributed by atoms with Crippen molar-refractivity contribution in [1.82, 2.24) is 4.73 Å². The van der Waals surface area contributed by atoms with E-state index in [0.29, 0.717) is 126 Å². The van der Waals surface area contributed by atoms with Crippen LogP contribution in [0.2, 0.25) is 0 Å². The van der Waals surface area contributed by atoms with Crippen LogP contribution in [0.1, 0.15) is 83.3 Å². The quantitative estimate of drug-likeness (QED) is 0.0116. The molecule has 8 rings (SSSR count). The van der Waals surface area contributed by atoms with Crippen LogP contribution in [-0.4, -0.2) is 195 Å². The summed E-state index contributed by atoms with van der Waals surface area (Å²) in [7, 11) is -23.5. The van der Waals surface area contributed by atoms with Crippen LogP contribution >= 0.6 is 11.6 Å². The van der Waals surface area contributed by atoms with Crippen molar-refractivity contribution in [3.8, 4) is 11.8 Å². The van der Waals surface area contributed by atoms with Gasteiger partial charge in [0.15, 0.2) is 5.71 Å². The van der Waals surface area contributed by atoms with Crippen LogP contribution in [0.3, 0.4) is 0 Å². The molecular weight excluding hydrogens is 1380 g/mol. The average Bonchev–Trinajstić information content (AvgIpc) is 1.53. The number of halogens is 1. The normalized spacial score (nSPS) is 18.9. The summed E-state index contributed by atoms with van der Waals surface area (Å²) in [4.78, 5) is 17.1. The third-order valence-electron chi connectivity index (χ3n) is 16.8. The lowest BCUT2D eigenvalue weighted by molar-refractivity contribution is -0.438. The highest BCUT2D eigenvalue weighted by Gasteiger charge is 2.50. The highest BCUT2D eigenvalue weighted by molar-refractivity contribution is 7.87. The molecule has 2 unspecified atom stereocenters. The molecule has 0 saturated carbocycles. The van der Waals surface area contributed by atoms with Crippen LogP contribution in [0.5, 0.6) is 11.8 Å². The number of benzene rings is 4. The van der Waals surface area contributed by atoms with Gasteiger partial charge < -0.3 is 48.4 Å². The first kappa shape index (κ1) is 75.6. The second-order valence-electron chi connectivity index (χ2n) is 23.2. The van der Waals surface area contributed by atoms with Crippen molar-refractivity contribution in [2.45, 2.75) is 103 Å². The van der Waals surface area contributed by atoms with Crippen LogP contribution in [0.15, 0.2) is 126 Å². The minimum absolute atomic E-state index is 0.000784. The molecule has 28 nitrogen and oxygen atoms in total. The predicted octanol–water partition coefficient (Wildman–Crippen LogP) is 7.61. The molecule has 2 aliphatic heterocycles. The molecule has 0 saturated heterocycles. The fourth-order valence-electron chi connectivity index (χ4n) is 12.4. The largest absolute Gasteiger partial charge is 0.492 e. The molecule has 3 aliphatic rings. The molecular formula is C62H77ClN3O25S5+. The van der Waals surface area contributed by atoms with Crippen LogP contribution in [0, 0.1) is 0 Å². The number of nitrogens with zero attached hydrogens (tertiary/aromatic N) is 3. The van der Waals surface area contributed by atoms with Crippen molar-refractivity contribution in [1.29, 1.82) is 0 Å². The van der Waals surface area contributed by atoms with Crippen molar-refractivity contribution < 1.29 is 118 Å². The number of anilines is 1. The summed E-state index contributed by atoms with van der Waals surface area (Å²) in [5.74, 6) is -2.66. The van der Waals surface area contributed by atoms with E-state index in [0.717, 1.165) is 24.3 Å². The minimum Gasteiger partial charge on any atom is -0.492 e. The lowest BCUT2D eigenvalue weighted by atomic mass is 9.74. The van der Waals surface area contributed by atoms with E-state index in [2.05, 4.69) is 0 Å². The number of ether oxygens (including phenoxy) is 6. The second kappa shape index (κ2) is 31.3. The Hall–Kier alpha value is -6.22. The molecule has 3 heterocycles. The number of allylic oxidation sites excluding steroid dienone is 8. The van der Waals surface area contributed by atoms with Crippen LogP contribution in [0.25, 0.3) is 21.5 Å². The SMILES string of the molecule is CCN1C(=CC=C2CCCC(C=CC3=[N+](CCCC(=O)On4c(O)ccc4O)c4ccc5c(S(=O)(=O)O)cc(S(=O)(=O)O)cc5c4C3(C)CCOCCOCCOCCOCCOCCOC)=C2Cl)C(C)(CCCS(=O)(=O)O)c2c1ccc1c(S(=O)(=O)O)cc(S(=O)(=O)O)cc21. The summed E-state index contributed by atoms with van der Waals surface area (Å²) < 4.78 is 215. The highest BCUT2D eigenvalue weighted by atomic mass is 35.5. The van der Waals surface area contributed by atoms with Gasteiger partial charge >= 0.3 is 5.97 Å². The van der Waals surface area contributed by atoms with Gasteiger partial charge in [0.1, 0.15) is 16.3 Å². The molecule has 0 bridgehead atoms. The minimum atomic E-state index is -5.18. The van der Waals surface area contributed by atoms with E-state index in [1.165, 1.54) is 12.1 Å². The number of aromatic hydroxyl groups is 2. The van der Waals surface area contributed by atoms with Gasteiger partial charge in [0.2, 0.25) is 17.4 Å². The maximum Gasteiger partial charge on any atom is 0.333 e. The van der Waals surface area contributed by atoms with E-state index in [4.69, 9.17) is 44.9 Å². The van der Waals surface area contributed by atoms with Gasteiger partial charge in [-0.3, -0.25) is 22.8 Å². The third-order valence-corrected chi connectivity index (χ3v) is 21.5. The summed E-state index contributed by atoms with van der Waals surface area (Å²) >= 11 is 7.43. The van der Waals surface area contributed by atoms with Gasteiger partial charge in [-0.2, -0.15) is 46.7 Å². The molecule has 34 heteroatoms. The Labute approximate surface area is 561 Å². The van der Waals surface area contributed by atoms with Crippen LogP contribution in [0.4, 0.5) is 11.4 Å². The van der Waals surface area contributed by atoms with Crippen LogP contribution < -0.4 is 9.74 Å². The van der Waals surface area contributed by atoms with Gasteiger partial charge in [0, 0.05) is 89.1 Å². The number of hydrogen-bond acceptors (Lipinski definition) is 21. The molecule has 1 aliphatic carbocycles. The smallest absolute Gasteiger partial charge is 0.333 e. The van der Waals surface area contributed by atoms with Gasteiger partial charge in [-0.15, -0.1) is 4.73 Å². The Morgan fingerprint density at radius 1 is 0.604 bits per heavy atom. The topological polar surface area (TPSA) is 405 Å². The van der Waals surface area contributed by atoms with Crippen LogP contribution in [-0.2, 0) is 94.6 Å². The molecule has 5 aromatic rings. The van der Waals surface area contributed by atoms with Gasteiger partial charge in [-0.05, 0) is 129 Å². The molecule has 526 valence electrons. The van der Waals surface area contributed by atoms with E-state index in [1.807, 2.05) is 16.4 Å². The number of likely N-dealkylation sites (N-methyl/N-ethyl adjacent to an activating group) is 1. The highest BCUT2D eigenvalue weighted by Crippen LogP contribution is 2.55. The fourth-order valence-corrected chi connectivity index (χ4v) is 15.9. The van der Waals surface area contributed by atoms with Crippen molar-refractivity contribution >= 4 is 107 Å². The first-order valence-corrected chi connectivity index (χ1v) is 38.1. The second-order valence-corrected chi connectivity index (χ2v) is 30.7. The molecule has 0 amide bonds. The summed E-state index contributed by atoms with van der Waals surface area (Å²) in [5, 5.41) is 20.5. The van der Waals surface area contributed by atoms with E-state index < -0.39 is 104 Å². The monoisotopic (exact) mass is 1460 g/mol. The molecule has 0 spiro atoms. The zero-order valence-electron chi connectivity index (χ0n) is 52.9. The predicted molar refractivity (Wildman–Crippen MR) is 352 cm³/mol. The first-order valence-electron chi connectivity index (χ1n) is 30.3. The summed E-state index contributed by atoms with van der Waals surface area (Å²) in [6, 6.07) is 11.5. The number of methoxy groups -OCH3 is 1. The lowest BCUT2D eigenvalue weighted by Gasteiger charge is -2.30. The molecule has 1 aromatic heterocycles. The molecule has 96 heavy (non-hydrogen) atoms. The number of aromatic nitrogens is 1. The number of carbonyl (C=O) groups excluding carboxylic acids is 1. The fraction of sp³-hybridized carbons (Fsp3) is 0.452. The van der Waals surface area contributed by atoms with Gasteiger partial charge in [-0.1, -0.05) is 29.8 Å². The Morgan fingerprint density at radius 2 is 1.12 bits per heavy atom. The van der Waals surface area contributed by atoms with Crippen molar-refractivity contribution in [3.05, 3.63) is 118 Å². The lowest BCUT2D eigenvalue weighted by Crippen LogP contribution is -2.33. The standard InChI is InChI=1S/C62H76ClN3O25S5/c1-5-64-49-16-14-45-47(37-43(93(73,74)75)39-51(45)95(79,80)81)58(49)61(2,22-8-36-92(70,71)72)53(64)18-12-41-9-6-10-42(60(41)63)13-19-54-62(3,23-25-86-28-29-88-32-33-90-35-34-89-31-30-87-27-26-85-4)59-48-38-44(94(76,77)78)40-52(96(82,83)84)46(48)15-17-50(59)65(54)24-7-11-57(69)91-66-55(67)20-21-56(66)68/h12-21,37-40H,5-11,22-36H2,1-4H3,(H6-,67,68,70,71,72,73,74,75,76,77,78,79,80,81,82,83,84)/p+1. The van der Waals surface area contributed by atoms with Gasteiger partial charge in [0.05, 0.1) is 93.4 Å². The first-order chi connectivity index (χ1) is 45.1. The number of hydrogen-bond donors (Lipinski definition) is 7. The summed E-state index contributed by atoms with van der Waals surface area (Å²) in [6.45, 7) is 8.73. The maximum absolute atomic E-state index is 13.3. The molecule has 0 fully saturated rings. The Kier molecular flexibility index (Phi) is 24.7. The summed E-state index contributed by atoms with van der Waals surface area (Å²) in [6.07, 6.45) is 8.06.